The summed E-state index contributed by atoms with van der Waals surface area (Å²) in [6.45, 7) is 0. The molecule has 1 aromatic carbocycles. The van der Waals surface area contributed by atoms with E-state index in [-0.39, 0.29) is 0 Å². The van der Waals surface area contributed by atoms with Crippen molar-refractivity contribution in [3.05, 3.63) is 42.7 Å². The van der Waals surface area contributed by atoms with Crippen LogP contribution in [0.2, 0.25) is 0 Å². The molecule has 0 amide bonds. The Kier molecular flexibility index (Phi) is 2.37. The van der Waals surface area contributed by atoms with Crippen molar-refractivity contribution >= 4 is 44.9 Å². The average Bonchev–Trinajstić information content (AvgIpc) is 2.39. The van der Waals surface area contributed by atoms with Crippen molar-refractivity contribution in [2.24, 2.45) is 4.99 Å². The molecule has 0 spiro atoms. The molecular formula is C13H7N3S. The Labute approximate surface area is 103 Å². The molecule has 2 aromatic heterocycles. The van der Waals surface area contributed by atoms with E-state index < -0.39 is 0 Å². The highest BCUT2D eigenvalue weighted by atomic mass is 32.1. The number of aliphatic imine (C=N–C) groups is 1. The topological polar surface area (TPSA) is 38.1 Å². The van der Waals surface area contributed by atoms with Gasteiger partial charge in [0.25, 0.3) is 0 Å². The molecule has 0 saturated heterocycles. The number of nitrogens with zero attached hydrogens (tertiary/aromatic N) is 3. The van der Waals surface area contributed by atoms with Gasteiger partial charge in [-0.1, -0.05) is 0 Å². The number of thiocarbonyl (C=S) groups is 1. The molecule has 0 aliphatic heterocycles. The zero-order chi connectivity index (χ0) is 11.7. The van der Waals surface area contributed by atoms with Gasteiger partial charge in [-0.15, -0.1) is 0 Å². The second-order valence-corrected chi connectivity index (χ2v) is 3.75. The van der Waals surface area contributed by atoms with Crippen LogP contribution in [0, 0.1) is 0 Å². The van der Waals surface area contributed by atoms with Crippen molar-refractivity contribution < 1.29 is 0 Å². The summed E-state index contributed by atoms with van der Waals surface area (Å²) in [5.74, 6) is 0. The third kappa shape index (κ3) is 1.60. The summed E-state index contributed by atoms with van der Waals surface area (Å²) in [6, 6.07) is 9.66. The normalized spacial score (nSPS) is 10.4. The first-order valence-electron chi connectivity index (χ1n) is 5.10. The molecule has 3 aromatic rings. The molecule has 2 heterocycles. The molecule has 0 saturated carbocycles. The van der Waals surface area contributed by atoms with E-state index >= 15 is 0 Å². The van der Waals surface area contributed by atoms with Gasteiger partial charge in [0.05, 0.1) is 21.9 Å². The molecule has 0 aliphatic carbocycles. The van der Waals surface area contributed by atoms with Crippen LogP contribution in [-0.2, 0) is 0 Å². The average molecular weight is 237 g/mol. The molecule has 0 radical (unpaired) electrons. The van der Waals surface area contributed by atoms with Gasteiger partial charge in [-0.3, -0.25) is 9.97 Å². The summed E-state index contributed by atoms with van der Waals surface area (Å²) in [4.78, 5) is 12.8. The van der Waals surface area contributed by atoms with Crippen molar-refractivity contribution in [1.82, 2.24) is 9.97 Å². The molecule has 0 aliphatic rings. The first-order valence-corrected chi connectivity index (χ1v) is 5.51. The van der Waals surface area contributed by atoms with Crippen LogP contribution in [0.1, 0.15) is 0 Å². The number of isothiocyanates is 1. The van der Waals surface area contributed by atoms with E-state index in [1.165, 1.54) is 0 Å². The zero-order valence-corrected chi connectivity index (χ0v) is 9.61. The highest BCUT2D eigenvalue weighted by molar-refractivity contribution is 7.78. The van der Waals surface area contributed by atoms with Gasteiger partial charge in [-0.25, -0.2) is 0 Å². The minimum absolute atomic E-state index is 0.759. The lowest BCUT2D eigenvalue weighted by Gasteiger charge is -2.04. The maximum Gasteiger partial charge on any atom is 0.0855 e. The van der Waals surface area contributed by atoms with Crippen molar-refractivity contribution in [2.45, 2.75) is 0 Å². The fraction of sp³-hybridized carbons (Fsp3) is 0. The Balaban J connectivity index is 2.59. The van der Waals surface area contributed by atoms with Crippen LogP contribution in [0.3, 0.4) is 0 Å². The number of fused-ring (bicyclic) bond motifs is 3. The fourth-order valence-corrected chi connectivity index (χ4v) is 2.01. The van der Waals surface area contributed by atoms with Crippen molar-refractivity contribution in [1.29, 1.82) is 0 Å². The molecule has 0 N–H and O–H groups in total. The summed E-state index contributed by atoms with van der Waals surface area (Å²) < 4.78 is 0. The van der Waals surface area contributed by atoms with Gasteiger partial charge < -0.3 is 0 Å². The molecule has 3 rings (SSSR count). The predicted molar refractivity (Wildman–Crippen MR) is 71.7 cm³/mol. The van der Waals surface area contributed by atoms with E-state index in [1.807, 2.05) is 30.3 Å². The Hall–Kier alpha value is -2.16. The fourth-order valence-electron chi connectivity index (χ4n) is 1.91. The van der Waals surface area contributed by atoms with Crippen LogP contribution in [0.15, 0.2) is 47.7 Å². The standard InChI is InChI=1S/C13H7N3S/c17-8-16-12-7-11-9(3-1-5-14-11)13-10(12)4-2-6-15-13/h1-7H. The first kappa shape index (κ1) is 10.0. The summed E-state index contributed by atoms with van der Waals surface area (Å²) in [7, 11) is 0. The highest BCUT2D eigenvalue weighted by Gasteiger charge is 2.06. The number of benzene rings is 1. The van der Waals surface area contributed by atoms with Gasteiger partial charge in [0.2, 0.25) is 0 Å². The Bertz CT molecular complexity index is 761. The van der Waals surface area contributed by atoms with Gasteiger partial charge in [0.15, 0.2) is 0 Å². The Morgan fingerprint density at radius 1 is 1.06 bits per heavy atom. The SMILES string of the molecule is S=C=Nc1cc2ncccc2c2ncccc12. The van der Waals surface area contributed by atoms with Gasteiger partial charge >= 0.3 is 0 Å². The van der Waals surface area contributed by atoms with Crippen molar-refractivity contribution in [3.8, 4) is 0 Å². The van der Waals surface area contributed by atoms with Crippen LogP contribution < -0.4 is 0 Å². The van der Waals surface area contributed by atoms with E-state index in [9.17, 15) is 0 Å². The highest BCUT2D eigenvalue weighted by Crippen LogP contribution is 2.30. The minimum Gasteiger partial charge on any atom is -0.256 e. The monoisotopic (exact) mass is 237 g/mol. The van der Waals surface area contributed by atoms with Crippen LogP contribution >= 0.6 is 12.2 Å². The van der Waals surface area contributed by atoms with E-state index in [4.69, 9.17) is 0 Å². The molecule has 0 fully saturated rings. The van der Waals surface area contributed by atoms with Crippen LogP contribution in [0.5, 0.6) is 0 Å². The number of aromatic nitrogens is 2. The third-order valence-electron chi connectivity index (χ3n) is 2.62. The lowest BCUT2D eigenvalue weighted by atomic mass is 10.1. The largest absolute Gasteiger partial charge is 0.256 e. The molecular weight excluding hydrogens is 230 g/mol. The number of rotatable bonds is 1. The third-order valence-corrected chi connectivity index (χ3v) is 2.71. The second-order valence-electron chi connectivity index (χ2n) is 3.57. The Morgan fingerprint density at radius 3 is 2.65 bits per heavy atom. The maximum atomic E-state index is 4.66. The second kappa shape index (κ2) is 4.01. The molecule has 80 valence electrons. The molecule has 0 atom stereocenters. The number of hydrogen-bond donors (Lipinski definition) is 0. The van der Waals surface area contributed by atoms with Crippen molar-refractivity contribution in [3.63, 3.8) is 0 Å². The summed E-state index contributed by atoms with van der Waals surface area (Å²) in [5, 5.41) is 4.38. The lowest BCUT2D eigenvalue weighted by Crippen LogP contribution is -1.84. The van der Waals surface area contributed by atoms with Gasteiger partial charge in [0, 0.05) is 23.2 Å². The molecule has 4 heteroatoms. The molecule has 0 bridgehead atoms. The molecule has 17 heavy (non-hydrogen) atoms. The van der Waals surface area contributed by atoms with Gasteiger partial charge in [-0.05, 0) is 42.5 Å². The van der Waals surface area contributed by atoms with E-state index in [2.05, 4.69) is 32.3 Å². The molecule has 3 nitrogen and oxygen atoms in total. The summed E-state index contributed by atoms with van der Waals surface area (Å²) in [5.41, 5.74) is 2.51. The lowest BCUT2D eigenvalue weighted by molar-refractivity contribution is 1.38. The zero-order valence-electron chi connectivity index (χ0n) is 8.79. The first-order chi connectivity index (χ1) is 8.40. The van der Waals surface area contributed by atoms with Crippen LogP contribution in [0.4, 0.5) is 5.69 Å². The predicted octanol–water partition coefficient (Wildman–Crippen LogP) is 3.52. The minimum atomic E-state index is 0.759. The maximum absolute atomic E-state index is 4.66. The smallest absolute Gasteiger partial charge is 0.0855 e. The molecule has 0 unspecified atom stereocenters. The van der Waals surface area contributed by atoms with E-state index in [1.54, 1.807) is 12.4 Å². The van der Waals surface area contributed by atoms with Crippen LogP contribution in [-0.4, -0.2) is 15.1 Å². The van der Waals surface area contributed by atoms with Crippen molar-refractivity contribution in [2.75, 3.05) is 0 Å². The van der Waals surface area contributed by atoms with Crippen LogP contribution in [0.25, 0.3) is 21.8 Å². The quantitative estimate of drug-likeness (QED) is 0.369. The Morgan fingerprint density at radius 2 is 1.82 bits per heavy atom. The van der Waals surface area contributed by atoms with Gasteiger partial charge in [0.1, 0.15) is 0 Å². The number of hydrogen-bond acceptors (Lipinski definition) is 4. The van der Waals surface area contributed by atoms with E-state index in [0.29, 0.717) is 0 Å². The summed E-state index contributed by atoms with van der Waals surface area (Å²) in [6.07, 6.45) is 3.52. The van der Waals surface area contributed by atoms with E-state index in [0.717, 1.165) is 27.5 Å². The van der Waals surface area contributed by atoms with Gasteiger partial charge in [-0.2, -0.15) is 4.99 Å². The number of pyridine rings is 2. The summed E-state index contributed by atoms with van der Waals surface area (Å²) >= 11 is 4.66.